The van der Waals surface area contributed by atoms with Gasteiger partial charge in [-0.05, 0) is 60.2 Å². The Kier molecular flexibility index (Phi) is 4.73. The normalized spacial score (nSPS) is 13.1. The highest BCUT2D eigenvalue weighted by molar-refractivity contribution is 7.12. The molecule has 27 heavy (non-hydrogen) atoms. The topological polar surface area (TPSA) is 49.4 Å². The van der Waals surface area contributed by atoms with Crippen LogP contribution in [0.3, 0.4) is 0 Å². The fourth-order valence-corrected chi connectivity index (χ4v) is 3.86. The maximum Gasteiger partial charge on any atom is 0.265 e. The molecule has 4 rings (SSSR count). The van der Waals surface area contributed by atoms with Crippen LogP contribution < -0.4 is 10.2 Å². The first-order chi connectivity index (χ1) is 13.1. The van der Waals surface area contributed by atoms with Gasteiger partial charge in [0.25, 0.3) is 11.8 Å². The van der Waals surface area contributed by atoms with E-state index in [1.807, 2.05) is 11.4 Å². The summed E-state index contributed by atoms with van der Waals surface area (Å²) in [5, 5.41) is 4.65. The van der Waals surface area contributed by atoms with Gasteiger partial charge in [0, 0.05) is 17.8 Å². The third-order valence-corrected chi connectivity index (χ3v) is 5.39. The number of carbonyl (C=O) groups is 2. The molecule has 0 aliphatic carbocycles. The molecule has 0 bridgehead atoms. The summed E-state index contributed by atoms with van der Waals surface area (Å²) in [6.07, 6.45) is 1.66. The van der Waals surface area contributed by atoms with Crippen LogP contribution in [-0.4, -0.2) is 18.4 Å². The number of nitrogens with one attached hydrogen (secondary N) is 1. The van der Waals surface area contributed by atoms with Crippen LogP contribution in [0.15, 0.2) is 60.0 Å². The van der Waals surface area contributed by atoms with Crippen molar-refractivity contribution in [2.24, 2.45) is 0 Å². The van der Waals surface area contributed by atoms with Crippen molar-refractivity contribution in [3.05, 3.63) is 81.8 Å². The summed E-state index contributed by atoms with van der Waals surface area (Å²) in [5.41, 5.74) is 2.60. The van der Waals surface area contributed by atoms with E-state index in [1.165, 1.54) is 23.5 Å². The predicted molar refractivity (Wildman–Crippen MR) is 105 cm³/mol. The van der Waals surface area contributed by atoms with Crippen LogP contribution in [0.5, 0.6) is 0 Å². The Morgan fingerprint density at radius 2 is 1.96 bits per heavy atom. The Morgan fingerprint density at radius 1 is 1.07 bits per heavy atom. The van der Waals surface area contributed by atoms with E-state index in [0.717, 1.165) is 18.4 Å². The van der Waals surface area contributed by atoms with Gasteiger partial charge in [0.15, 0.2) is 0 Å². The predicted octanol–water partition coefficient (Wildman–Crippen LogP) is 4.73. The third-order valence-electron chi connectivity index (χ3n) is 4.52. The fourth-order valence-electron chi connectivity index (χ4n) is 3.24. The van der Waals surface area contributed by atoms with Crippen LogP contribution in [0, 0.1) is 5.82 Å². The minimum Gasteiger partial charge on any atom is -0.321 e. The molecule has 6 heteroatoms. The van der Waals surface area contributed by atoms with E-state index >= 15 is 0 Å². The number of fused-ring (bicyclic) bond motifs is 1. The molecule has 0 saturated heterocycles. The number of halogens is 1. The summed E-state index contributed by atoms with van der Waals surface area (Å²) in [4.78, 5) is 27.5. The molecule has 1 aliphatic rings. The maximum atomic E-state index is 13.7. The van der Waals surface area contributed by atoms with E-state index in [9.17, 15) is 14.0 Å². The number of anilines is 2. The smallest absolute Gasteiger partial charge is 0.265 e. The second-order valence-corrected chi connectivity index (χ2v) is 7.29. The summed E-state index contributed by atoms with van der Waals surface area (Å²) in [6.45, 7) is 0.543. The quantitative estimate of drug-likeness (QED) is 0.714. The van der Waals surface area contributed by atoms with Gasteiger partial charge in [-0.25, -0.2) is 4.39 Å². The van der Waals surface area contributed by atoms with Gasteiger partial charge in [-0.2, -0.15) is 0 Å². The van der Waals surface area contributed by atoms with Crippen LogP contribution in [0.1, 0.15) is 32.0 Å². The fraction of sp³-hybridized carbons (Fsp3) is 0.143. The highest BCUT2D eigenvalue weighted by Crippen LogP contribution is 2.29. The molecule has 4 nitrogen and oxygen atoms in total. The summed E-state index contributed by atoms with van der Waals surface area (Å²) in [6, 6.07) is 15.0. The average molecular weight is 380 g/mol. The number of carbonyl (C=O) groups excluding carboxylic acids is 2. The van der Waals surface area contributed by atoms with Gasteiger partial charge in [-0.15, -0.1) is 11.3 Å². The van der Waals surface area contributed by atoms with Crippen molar-refractivity contribution in [1.82, 2.24) is 0 Å². The standard InChI is InChI=1S/C21H17FN2O2S/c22-16-9-8-14-5-2-10-24(18(14)13-16)21(26)15-4-1-6-17(12-15)23-20(25)19-7-3-11-27-19/h1,3-4,6-9,11-13H,2,5,10H2,(H,23,25). The first-order valence-electron chi connectivity index (χ1n) is 8.67. The lowest BCUT2D eigenvalue weighted by molar-refractivity contribution is 0.0982. The molecule has 2 aromatic carbocycles. The lowest BCUT2D eigenvalue weighted by Gasteiger charge is -2.29. The number of benzene rings is 2. The molecule has 2 amide bonds. The number of nitrogens with zero attached hydrogens (tertiary/aromatic N) is 1. The van der Waals surface area contributed by atoms with E-state index in [-0.39, 0.29) is 17.6 Å². The van der Waals surface area contributed by atoms with E-state index in [2.05, 4.69) is 5.32 Å². The number of rotatable bonds is 3. The minimum atomic E-state index is -0.356. The molecule has 1 N–H and O–H groups in total. The molecular formula is C21H17FN2O2S. The molecule has 0 saturated carbocycles. The summed E-state index contributed by atoms with van der Waals surface area (Å²) < 4.78 is 13.7. The van der Waals surface area contributed by atoms with E-state index in [4.69, 9.17) is 0 Å². The van der Waals surface area contributed by atoms with Crippen molar-refractivity contribution in [2.75, 3.05) is 16.8 Å². The third kappa shape index (κ3) is 3.61. The Labute approximate surface area is 160 Å². The highest BCUT2D eigenvalue weighted by atomic mass is 32.1. The number of thiophene rings is 1. The van der Waals surface area contributed by atoms with Crippen LogP contribution in [0.2, 0.25) is 0 Å². The van der Waals surface area contributed by atoms with Crippen LogP contribution in [-0.2, 0) is 6.42 Å². The first-order valence-corrected chi connectivity index (χ1v) is 9.55. The Bertz CT molecular complexity index is 1000. The molecular weight excluding hydrogens is 363 g/mol. The maximum absolute atomic E-state index is 13.7. The van der Waals surface area contributed by atoms with Crippen LogP contribution in [0.25, 0.3) is 0 Å². The second-order valence-electron chi connectivity index (χ2n) is 6.35. The first kappa shape index (κ1) is 17.4. The van der Waals surface area contributed by atoms with Crippen molar-refractivity contribution in [2.45, 2.75) is 12.8 Å². The largest absolute Gasteiger partial charge is 0.321 e. The minimum absolute atomic E-state index is 0.200. The van der Waals surface area contributed by atoms with E-state index < -0.39 is 0 Å². The highest BCUT2D eigenvalue weighted by Gasteiger charge is 2.24. The molecule has 1 aromatic heterocycles. The molecule has 0 fully saturated rings. The monoisotopic (exact) mass is 380 g/mol. The van der Waals surface area contributed by atoms with Crippen molar-refractivity contribution in [3.63, 3.8) is 0 Å². The van der Waals surface area contributed by atoms with Gasteiger partial charge in [-0.1, -0.05) is 18.2 Å². The van der Waals surface area contributed by atoms with Crippen molar-refractivity contribution >= 4 is 34.5 Å². The summed E-state index contributed by atoms with van der Waals surface area (Å²) in [7, 11) is 0. The molecule has 2 heterocycles. The molecule has 0 unspecified atom stereocenters. The van der Waals surface area contributed by atoms with Crippen molar-refractivity contribution < 1.29 is 14.0 Å². The van der Waals surface area contributed by atoms with Gasteiger partial charge < -0.3 is 10.2 Å². The summed E-state index contributed by atoms with van der Waals surface area (Å²) in [5.74, 6) is -0.765. The SMILES string of the molecule is O=C(Nc1cccc(C(=O)N2CCCc3ccc(F)cc32)c1)c1cccs1. The zero-order valence-corrected chi connectivity index (χ0v) is 15.3. The molecule has 0 atom stereocenters. The number of amides is 2. The number of aryl methyl sites for hydroxylation is 1. The Balaban J connectivity index is 1.59. The lowest BCUT2D eigenvalue weighted by Crippen LogP contribution is -2.35. The Hall–Kier alpha value is -2.99. The zero-order valence-electron chi connectivity index (χ0n) is 14.4. The molecule has 0 radical (unpaired) electrons. The average Bonchev–Trinajstić information content (AvgIpc) is 3.22. The van der Waals surface area contributed by atoms with Gasteiger partial charge in [0.1, 0.15) is 5.82 Å². The zero-order chi connectivity index (χ0) is 18.8. The lowest BCUT2D eigenvalue weighted by atomic mass is 10.0. The van der Waals surface area contributed by atoms with Gasteiger partial charge in [0.2, 0.25) is 0 Å². The van der Waals surface area contributed by atoms with Crippen LogP contribution >= 0.6 is 11.3 Å². The summed E-state index contributed by atoms with van der Waals surface area (Å²) >= 11 is 1.35. The van der Waals surface area contributed by atoms with E-state index in [1.54, 1.807) is 41.3 Å². The van der Waals surface area contributed by atoms with Gasteiger partial charge >= 0.3 is 0 Å². The molecule has 136 valence electrons. The van der Waals surface area contributed by atoms with Crippen LogP contribution in [0.4, 0.5) is 15.8 Å². The number of hydrogen-bond acceptors (Lipinski definition) is 3. The second kappa shape index (κ2) is 7.32. The Morgan fingerprint density at radius 3 is 2.78 bits per heavy atom. The molecule has 3 aromatic rings. The van der Waals surface area contributed by atoms with Gasteiger partial charge in [-0.3, -0.25) is 9.59 Å². The van der Waals surface area contributed by atoms with Crippen molar-refractivity contribution in [3.8, 4) is 0 Å². The molecule has 0 spiro atoms. The number of hydrogen-bond donors (Lipinski definition) is 1. The molecule has 1 aliphatic heterocycles. The van der Waals surface area contributed by atoms with Crippen molar-refractivity contribution in [1.29, 1.82) is 0 Å². The van der Waals surface area contributed by atoms with Gasteiger partial charge in [0.05, 0.1) is 10.6 Å². The van der Waals surface area contributed by atoms with E-state index in [0.29, 0.717) is 28.4 Å².